The van der Waals surface area contributed by atoms with Gasteiger partial charge in [0.25, 0.3) is 0 Å². The molecule has 5 nitrogen and oxygen atoms in total. The lowest BCUT2D eigenvalue weighted by molar-refractivity contribution is -0.121. The summed E-state index contributed by atoms with van der Waals surface area (Å²) in [6.07, 6.45) is 0.0656. The van der Waals surface area contributed by atoms with Gasteiger partial charge in [-0.3, -0.25) is 4.79 Å². The predicted octanol–water partition coefficient (Wildman–Crippen LogP) is 3.94. The number of carbonyl (C=O) groups excluding carboxylic acids is 1. The second-order valence-corrected chi connectivity index (χ2v) is 8.95. The summed E-state index contributed by atoms with van der Waals surface area (Å²) in [5.41, 5.74) is 6.39. The number of nitrogens with zero attached hydrogens (tertiary/aromatic N) is 1. The number of nitrogens with two attached hydrogens (primary N) is 1. The Morgan fingerprint density at radius 3 is 2.17 bits per heavy atom. The van der Waals surface area contributed by atoms with Crippen LogP contribution >= 0.6 is 11.6 Å². The van der Waals surface area contributed by atoms with E-state index in [1.54, 1.807) is 48.5 Å². The summed E-state index contributed by atoms with van der Waals surface area (Å²) in [6, 6.07) is 18.8. The maximum absolute atomic E-state index is 14.1. The van der Waals surface area contributed by atoms with Crippen molar-refractivity contribution in [3.63, 3.8) is 0 Å². The fourth-order valence-electron chi connectivity index (χ4n) is 3.17. The molecule has 0 saturated carbocycles. The van der Waals surface area contributed by atoms with Crippen LogP contribution in [0.2, 0.25) is 5.02 Å². The monoisotopic (exact) mass is 446 g/mol. The van der Waals surface area contributed by atoms with Gasteiger partial charge in [0.2, 0.25) is 15.9 Å². The zero-order valence-electron chi connectivity index (χ0n) is 15.9. The van der Waals surface area contributed by atoms with E-state index < -0.39 is 27.8 Å². The van der Waals surface area contributed by atoms with Crippen LogP contribution in [0.25, 0.3) is 0 Å². The molecule has 3 aromatic carbocycles. The highest BCUT2D eigenvalue weighted by Crippen LogP contribution is 2.29. The van der Waals surface area contributed by atoms with Crippen LogP contribution in [0.3, 0.4) is 0 Å². The van der Waals surface area contributed by atoms with E-state index in [1.807, 2.05) is 0 Å². The molecule has 0 fully saturated rings. The standard InChI is InChI=1S/C22H20ClFN2O3S/c23-18-10-12-19(13-11-18)30(28,29)26(15-14-16-6-4-5-9-20(16)24)21(22(25)27)17-7-2-1-3-8-17/h1-13,21H,14-15H2,(H2,25,27). The van der Waals surface area contributed by atoms with Crippen LogP contribution in [0, 0.1) is 5.82 Å². The first-order valence-corrected chi connectivity index (χ1v) is 11.0. The molecule has 0 bridgehead atoms. The van der Waals surface area contributed by atoms with E-state index in [-0.39, 0.29) is 17.9 Å². The van der Waals surface area contributed by atoms with E-state index in [4.69, 9.17) is 17.3 Å². The topological polar surface area (TPSA) is 80.5 Å². The van der Waals surface area contributed by atoms with Crippen molar-refractivity contribution in [2.24, 2.45) is 5.73 Å². The van der Waals surface area contributed by atoms with Gasteiger partial charge in [-0.2, -0.15) is 4.31 Å². The van der Waals surface area contributed by atoms with Crippen molar-refractivity contribution in [2.45, 2.75) is 17.4 Å². The van der Waals surface area contributed by atoms with E-state index >= 15 is 0 Å². The SMILES string of the molecule is NC(=O)C(c1ccccc1)N(CCc1ccccc1F)S(=O)(=O)c1ccc(Cl)cc1. The number of hydrogen-bond acceptors (Lipinski definition) is 3. The maximum Gasteiger partial charge on any atom is 0.244 e. The minimum atomic E-state index is -4.14. The molecule has 0 radical (unpaired) electrons. The van der Waals surface area contributed by atoms with Gasteiger partial charge < -0.3 is 5.73 Å². The number of benzene rings is 3. The van der Waals surface area contributed by atoms with Gasteiger partial charge >= 0.3 is 0 Å². The Balaban J connectivity index is 2.06. The molecule has 0 aliphatic rings. The summed E-state index contributed by atoms with van der Waals surface area (Å²) < 4.78 is 42.0. The van der Waals surface area contributed by atoms with E-state index in [0.717, 1.165) is 4.31 Å². The maximum atomic E-state index is 14.1. The number of rotatable bonds is 8. The molecular formula is C22H20ClFN2O3S. The molecule has 3 rings (SSSR count). The number of primary amides is 1. The highest BCUT2D eigenvalue weighted by molar-refractivity contribution is 7.89. The zero-order chi connectivity index (χ0) is 21.7. The first-order valence-electron chi connectivity index (χ1n) is 9.16. The van der Waals surface area contributed by atoms with Crippen LogP contribution in [0.15, 0.2) is 83.8 Å². The van der Waals surface area contributed by atoms with E-state index in [0.29, 0.717) is 16.1 Å². The van der Waals surface area contributed by atoms with Crippen molar-refractivity contribution < 1.29 is 17.6 Å². The third-order valence-electron chi connectivity index (χ3n) is 4.65. The summed E-state index contributed by atoms with van der Waals surface area (Å²) in [5.74, 6) is -1.27. The quantitative estimate of drug-likeness (QED) is 0.569. The molecule has 30 heavy (non-hydrogen) atoms. The fraction of sp³-hybridized carbons (Fsp3) is 0.136. The Kier molecular flexibility index (Phi) is 6.87. The smallest absolute Gasteiger partial charge is 0.244 e. The Morgan fingerprint density at radius 1 is 0.967 bits per heavy atom. The van der Waals surface area contributed by atoms with E-state index in [1.165, 1.54) is 30.3 Å². The van der Waals surface area contributed by atoms with E-state index in [9.17, 15) is 17.6 Å². The number of amides is 1. The van der Waals surface area contributed by atoms with Crippen LogP contribution in [-0.4, -0.2) is 25.2 Å². The predicted molar refractivity (Wildman–Crippen MR) is 114 cm³/mol. The molecule has 0 heterocycles. The van der Waals surface area contributed by atoms with E-state index in [2.05, 4.69) is 0 Å². The summed E-state index contributed by atoms with van der Waals surface area (Å²) in [7, 11) is -4.14. The zero-order valence-corrected chi connectivity index (χ0v) is 17.5. The first-order chi connectivity index (χ1) is 14.3. The average molecular weight is 447 g/mol. The van der Waals surface area contributed by atoms with Crippen molar-refractivity contribution in [2.75, 3.05) is 6.54 Å². The summed E-state index contributed by atoms with van der Waals surface area (Å²) in [4.78, 5) is 12.3. The minimum Gasteiger partial charge on any atom is -0.368 e. The van der Waals surface area contributed by atoms with Crippen molar-refractivity contribution in [1.82, 2.24) is 4.31 Å². The molecule has 2 N–H and O–H groups in total. The highest BCUT2D eigenvalue weighted by Gasteiger charge is 2.35. The number of carbonyl (C=O) groups is 1. The van der Waals surface area contributed by atoms with Crippen molar-refractivity contribution >= 4 is 27.5 Å². The highest BCUT2D eigenvalue weighted by atomic mass is 35.5. The molecule has 1 amide bonds. The molecule has 0 aliphatic heterocycles. The molecule has 0 spiro atoms. The molecule has 8 heteroatoms. The van der Waals surface area contributed by atoms with Gasteiger partial charge in [-0.25, -0.2) is 12.8 Å². The Bertz CT molecular complexity index is 1120. The fourth-order valence-corrected chi connectivity index (χ4v) is 4.88. The van der Waals surface area contributed by atoms with Crippen LogP contribution in [-0.2, 0) is 21.2 Å². The van der Waals surface area contributed by atoms with Crippen molar-refractivity contribution in [1.29, 1.82) is 0 Å². The molecule has 1 unspecified atom stereocenters. The largest absolute Gasteiger partial charge is 0.368 e. The summed E-state index contributed by atoms with van der Waals surface area (Å²) in [6.45, 7) is -0.144. The Hall–Kier alpha value is -2.74. The lowest BCUT2D eigenvalue weighted by Gasteiger charge is -2.29. The van der Waals surface area contributed by atoms with Gasteiger partial charge in [0.1, 0.15) is 11.9 Å². The molecule has 0 saturated heterocycles. The van der Waals surface area contributed by atoms with Crippen LogP contribution in [0.5, 0.6) is 0 Å². The number of halogens is 2. The van der Waals surface area contributed by atoms with Gasteiger partial charge in [0, 0.05) is 11.6 Å². The lowest BCUT2D eigenvalue weighted by atomic mass is 10.1. The average Bonchev–Trinajstić information content (AvgIpc) is 2.72. The van der Waals surface area contributed by atoms with Gasteiger partial charge in [-0.1, -0.05) is 60.1 Å². The second kappa shape index (κ2) is 9.38. The van der Waals surface area contributed by atoms with Gasteiger partial charge in [-0.05, 0) is 47.9 Å². The summed E-state index contributed by atoms with van der Waals surface area (Å²) in [5, 5.41) is 0.376. The molecular weight excluding hydrogens is 427 g/mol. The molecule has 0 aliphatic carbocycles. The third-order valence-corrected chi connectivity index (χ3v) is 6.78. The van der Waals surface area contributed by atoms with Gasteiger partial charge in [0.15, 0.2) is 0 Å². The van der Waals surface area contributed by atoms with Crippen LogP contribution in [0.4, 0.5) is 4.39 Å². The van der Waals surface area contributed by atoms with Crippen molar-refractivity contribution in [3.8, 4) is 0 Å². The van der Waals surface area contributed by atoms with Crippen LogP contribution in [0.1, 0.15) is 17.2 Å². The first kappa shape index (κ1) is 22.0. The van der Waals surface area contributed by atoms with Crippen molar-refractivity contribution in [3.05, 3.63) is 101 Å². The lowest BCUT2D eigenvalue weighted by Crippen LogP contribution is -2.42. The molecule has 1 atom stereocenters. The number of hydrogen-bond donors (Lipinski definition) is 1. The third kappa shape index (κ3) is 4.87. The Morgan fingerprint density at radius 2 is 1.57 bits per heavy atom. The molecule has 156 valence electrons. The van der Waals surface area contributed by atoms with Gasteiger partial charge in [0.05, 0.1) is 4.90 Å². The van der Waals surface area contributed by atoms with Gasteiger partial charge in [-0.15, -0.1) is 0 Å². The Labute approximate surface area is 179 Å². The second-order valence-electron chi connectivity index (χ2n) is 6.63. The van der Waals surface area contributed by atoms with Crippen LogP contribution < -0.4 is 5.73 Å². The normalized spacial score (nSPS) is 12.6. The molecule has 3 aromatic rings. The minimum absolute atomic E-state index is 0.0392. The molecule has 0 aromatic heterocycles. The number of sulfonamides is 1. The summed E-state index contributed by atoms with van der Waals surface area (Å²) >= 11 is 5.88.